The maximum atomic E-state index is 13.1. The Balaban J connectivity index is 0.00000324. The second-order valence-electron chi connectivity index (χ2n) is 8.30. The minimum Gasteiger partial charge on any atom is -1.00 e. The number of ether oxygens (including phenoxy) is 1. The van der Waals surface area contributed by atoms with Crippen molar-refractivity contribution in [2.75, 3.05) is 17.3 Å². The van der Waals surface area contributed by atoms with Crippen molar-refractivity contribution >= 4 is 40.2 Å². The van der Waals surface area contributed by atoms with Crippen LogP contribution in [-0.2, 0) is 9.53 Å². The Hall–Kier alpha value is -2.19. The molecule has 2 aliphatic rings. The molecular weight excluding hydrogens is 493 g/mol. The molecule has 0 aromatic heterocycles. The summed E-state index contributed by atoms with van der Waals surface area (Å²) >= 11 is 7.64. The van der Waals surface area contributed by atoms with Gasteiger partial charge in [-0.15, -0.1) is 0 Å². The number of aliphatic hydroxyl groups is 1. The third-order valence-electron chi connectivity index (χ3n) is 5.79. The van der Waals surface area contributed by atoms with Crippen LogP contribution >= 0.6 is 23.4 Å². The van der Waals surface area contributed by atoms with Gasteiger partial charge in [0, 0.05) is 16.8 Å². The summed E-state index contributed by atoms with van der Waals surface area (Å²) in [6.45, 7) is 7.93. The zero-order valence-corrected chi connectivity index (χ0v) is 21.9. The second kappa shape index (κ2) is 10.6. The van der Waals surface area contributed by atoms with E-state index in [1.165, 1.54) is 11.8 Å². The summed E-state index contributed by atoms with van der Waals surface area (Å²) in [6.07, 6.45) is 0. The number of hydrogen-bond donors (Lipinski definition) is 1. The number of amidine groups is 1. The van der Waals surface area contributed by atoms with Crippen LogP contribution in [-0.4, -0.2) is 45.4 Å². The number of carbonyl (C=O) groups excluding carboxylic acids is 1. The van der Waals surface area contributed by atoms with E-state index in [1.54, 1.807) is 19.1 Å². The van der Waals surface area contributed by atoms with Crippen LogP contribution in [0.5, 0.6) is 0 Å². The Kier molecular flexibility index (Phi) is 8.24. The third kappa shape index (κ3) is 4.67. The molecule has 0 bridgehead atoms. The molecule has 4 rings (SSSR count). The van der Waals surface area contributed by atoms with Crippen LogP contribution < -0.4 is 17.3 Å². The Morgan fingerprint density at radius 1 is 1.26 bits per heavy atom. The minimum atomic E-state index is -1.43. The van der Waals surface area contributed by atoms with E-state index < -0.39 is 17.9 Å². The molecule has 0 spiro atoms. The van der Waals surface area contributed by atoms with Crippen LogP contribution in [0.4, 0.5) is 5.69 Å². The van der Waals surface area contributed by atoms with E-state index in [4.69, 9.17) is 21.3 Å². The summed E-state index contributed by atoms with van der Waals surface area (Å²) < 4.78 is 5.42. The summed E-state index contributed by atoms with van der Waals surface area (Å²) in [5.41, 5.74) is 2.72. The fourth-order valence-corrected chi connectivity index (χ4v) is 5.83. The monoisotopic (exact) mass is 520 g/mol. The number of benzene rings is 2. The summed E-state index contributed by atoms with van der Waals surface area (Å²) in [5, 5.41) is 13.6. The number of hydrogen-bond acceptors (Lipinski definition) is 7. The number of carbonyl (C=O) groups is 1. The minimum absolute atomic E-state index is 0. The number of fused-ring (bicyclic) bond motifs is 1. The van der Waals surface area contributed by atoms with Crippen LogP contribution in [0.2, 0.25) is 5.02 Å². The molecule has 2 atom stereocenters. The lowest BCUT2D eigenvalue weighted by Gasteiger charge is -2.50. The van der Waals surface area contributed by atoms with Crippen LogP contribution in [0.1, 0.15) is 39.3 Å². The molecule has 2 heterocycles. The normalized spacial score (nSPS) is 21.7. The quantitative estimate of drug-likeness (QED) is 0.465. The molecular formula is C25H28Cl2N3O3S-. The maximum Gasteiger partial charge on any atom is 0.338 e. The van der Waals surface area contributed by atoms with Gasteiger partial charge in [0.2, 0.25) is 5.85 Å². The molecule has 182 valence electrons. The van der Waals surface area contributed by atoms with Crippen molar-refractivity contribution < 1.29 is 27.0 Å². The summed E-state index contributed by atoms with van der Waals surface area (Å²) in [6, 6.07) is 16.5. The van der Waals surface area contributed by atoms with E-state index in [9.17, 15) is 9.90 Å². The Morgan fingerprint density at radius 3 is 2.50 bits per heavy atom. The molecule has 0 aliphatic carbocycles. The number of nitrogens with zero attached hydrogens (tertiary/aromatic N) is 3. The highest BCUT2D eigenvalue weighted by Gasteiger charge is 2.55. The van der Waals surface area contributed by atoms with Gasteiger partial charge in [0.1, 0.15) is 0 Å². The molecule has 6 nitrogen and oxygen atoms in total. The molecule has 1 fully saturated rings. The third-order valence-corrected chi connectivity index (χ3v) is 7.12. The van der Waals surface area contributed by atoms with Gasteiger partial charge in [0.25, 0.3) is 0 Å². The number of para-hydroxylation sites is 1. The van der Waals surface area contributed by atoms with E-state index in [-0.39, 0.29) is 25.1 Å². The first-order valence-corrected chi connectivity index (χ1v) is 12.3. The first kappa shape index (κ1) is 26.4. The van der Waals surface area contributed by atoms with Crippen molar-refractivity contribution in [3.8, 4) is 0 Å². The van der Waals surface area contributed by atoms with Gasteiger partial charge in [-0.25, -0.2) is 9.79 Å². The van der Waals surface area contributed by atoms with Gasteiger partial charge in [-0.1, -0.05) is 53.7 Å². The van der Waals surface area contributed by atoms with E-state index in [0.717, 1.165) is 11.3 Å². The predicted octanol–water partition coefficient (Wildman–Crippen LogP) is 2.20. The molecule has 0 saturated carbocycles. The Bertz CT molecular complexity index is 1090. The molecule has 2 aromatic carbocycles. The average molecular weight is 521 g/mol. The number of allylic oxidation sites excluding steroid dienone is 1. The number of aliphatic imine (C=N–C) groups is 1. The smallest absolute Gasteiger partial charge is 0.338 e. The van der Waals surface area contributed by atoms with Crippen molar-refractivity contribution in [2.45, 2.75) is 45.6 Å². The van der Waals surface area contributed by atoms with Gasteiger partial charge in [0.15, 0.2) is 5.17 Å². The molecule has 34 heavy (non-hydrogen) atoms. The van der Waals surface area contributed by atoms with Crippen molar-refractivity contribution in [3.63, 3.8) is 0 Å². The number of anilines is 1. The van der Waals surface area contributed by atoms with E-state index in [2.05, 4.69) is 0 Å². The molecule has 2 unspecified atom stereocenters. The zero-order chi connectivity index (χ0) is 23.8. The average Bonchev–Trinajstić information content (AvgIpc) is 3.10. The first-order chi connectivity index (χ1) is 15.8. The molecule has 2 aliphatic heterocycles. The lowest BCUT2D eigenvalue weighted by molar-refractivity contribution is -0.140. The second-order valence-corrected chi connectivity index (χ2v) is 9.68. The Labute approximate surface area is 216 Å². The fraction of sp³-hybridized carbons (Fsp3) is 0.360. The van der Waals surface area contributed by atoms with Crippen molar-refractivity contribution in [1.82, 2.24) is 4.90 Å². The summed E-state index contributed by atoms with van der Waals surface area (Å²) in [5.74, 6) is -1.50. The maximum absolute atomic E-state index is 13.1. The molecule has 0 radical (unpaired) electrons. The SMILES string of the molecule is CCOC(=O)C1=C(C)N=C2SCC(O)(N(c3ccccc3)C(C)C)N2C1c1ccc(Cl)cc1.[Cl-]. The molecule has 1 N–H and O–H groups in total. The lowest BCUT2D eigenvalue weighted by atomic mass is 9.93. The van der Waals surface area contributed by atoms with Gasteiger partial charge in [-0.2, -0.15) is 0 Å². The molecule has 1 saturated heterocycles. The van der Waals surface area contributed by atoms with Gasteiger partial charge < -0.3 is 27.2 Å². The number of esters is 1. The van der Waals surface area contributed by atoms with Gasteiger partial charge in [-0.3, -0.25) is 4.90 Å². The standard InChI is InChI=1S/C25H28ClN3O3S.ClH/c1-5-32-23(30)21-17(4)27-24-29(22(21)18-11-13-19(26)14-12-18)25(31,15-33-24)28(16(2)3)20-9-7-6-8-10-20;/h6-14,16,22,31H,5,15H2,1-4H3;1H/p-1. The van der Waals surface area contributed by atoms with Crippen LogP contribution in [0.25, 0.3) is 0 Å². The largest absolute Gasteiger partial charge is 1.00 e. The molecule has 0 amide bonds. The van der Waals surface area contributed by atoms with E-state index in [0.29, 0.717) is 27.2 Å². The van der Waals surface area contributed by atoms with Crippen LogP contribution in [0, 0.1) is 0 Å². The highest BCUT2D eigenvalue weighted by Crippen LogP contribution is 2.48. The summed E-state index contributed by atoms with van der Waals surface area (Å²) in [7, 11) is 0. The zero-order valence-electron chi connectivity index (χ0n) is 19.5. The predicted molar refractivity (Wildman–Crippen MR) is 134 cm³/mol. The van der Waals surface area contributed by atoms with Gasteiger partial charge >= 0.3 is 5.97 Å². The lowest BCUT2D eigenvalue weighted by Crippen LogP contribution is -3.00. The van der Waals surface area contributed by atoms with Crippen LogP contribution in [0.3, 0.4) is 0 Å². The fourth-order valence-electron chi connectivity index (χ4n) is 4.51. The highest BCUT2D eigenvalue weighted by atomic mass is 35.5. The van der Waals surface area contributed by atoms with E-state index in [1.807, 2.05) is 73.0 Å². The highest BCUT2D eigenvalue weighted by molar-refractivity contribution is 8.14. The van der Waals surface area contributed by atoms with Crippen molar-refractivity contribution in [2.24, 2.45) is 4.99 Å². The van der Waals surface area contributed by atoms with Crippen molar-refractivity contribution in [3.05, 3.63) is 76.5 Å². The van der Waals surface area contributed by atoms with Gasteiger partial charge in [-0.05, 0) is 57.5 Å². The number of thioether (sulfide) groups is 1. The molecule has 9 heteroatoms. The number of halogens is 2. The van der Waals surface area contributed by atoms with Gasteiger partial charge in [0.05, 0.1) is 29.7 Å². The number of rotatable bonds is 6. The molecule has 2 aromatic rings. The van der Waals surface area contributed by atoms with Crippen LogP contribution in [0.15, 0.2) is 70.9 Å². The Morgan fingerprint density at radius 2 is 1.91 bits per heavy atom. The van der Waals surface area contributed by atoms with Crippen molar-refractivity contribution in [1.29, 1.82) is 0 Å². The summed E-state index contributed by atoms with van der Waals surface area (Å²) in [4.78, 5) is 21.7. The first-order valence-electron chi connectivity index (χ1n) is 11.0. The van der Waals surface area contributed by atoms with E-state index >= 15 is 0 Å². The topological polar surface area (TPSA) is 65.4 Å².